The fraction of sp³-hybridized carbons (Fsp3) is 0.294. The summed E-state index contributed by atoms with van der Waals surface area (Å²) in [6, 6.07) is 12.6. The van der Waals surface area contributed by atoms with E-state index in [1.807, 2.05) is 24.3 Å². The molecule has 0 aliphatic carbocycles. The third-order valence-electron chi connectivity index (χ3n) is 3.44. The van der Waals surface area contributed by atoms with Gasteiger partial charge in [-0.3, -0.25) is 0 Å². The van der Waals surface area contributed by atoms with Gasteiger partial charge in [-0.15, -0.1) is 0 Å². The van der Waals surface area contributed by atoms with Crippen LogP contribution < -0.4 is 5.32 Å². The highest BCUT2D eigenvalue weighted by molar-refractivity contribution is 6.30. The van der Waals surface area contributed by atoms with Crippen molar-refractivity contribution in [3.05, 3.63) is 69.5 Å². The van der Waals surface area contributed by atoms with E-state index in [0.717, 1.165) is 18.7 Å². The van der Waals surface area contributed by atoms with Crippen molar-refractivity contribution in [2.75, 3.05) is 13.1 Å². The number of likely N-dealkylation sites (N-methyl/N-ethyl adjacent to an activating group) is 1. The highest BCUT2D eigenvalue weighted by Gasteiger charge is 2.15. The molecule has 0 fully saturated rings. The summed E-state index contributed by atoms with van der Waals surface area (Å²) in [5.74, 6) is -0.0923. The van der Waals surface area contributed by atoms with E-state index in [2.05, 4.69) is 12.2 Å². The van der Waals surface area contributed by atoms with Crippen LogP contribution in [0.2, 0.25) is 10.0 Å². The molecule has 2 aromatic carbocycles. The lowest BCUT2D eigenvalue weighted by atomic mass is 9.91. The van der Waals surface area contributed by atoms with E-state index in [-0.39, 0.29) is 11.7 Å². The molecule has 0 amide bonds. The molecule has 0 aromatic heterocycles. The predicted molar refractivity (Wildman–Crippen MR) is 87.9 cm³/mol. The van der Waals surface area contributed by atoms with Gasteiger partial charge in [0.1, 0.15) is 5.82 Å². The van der Waals surface area contributed by atoms with Crippen LogP contribution in [0.25, 0.3) is 0 Å². The van der Waals surface area contributed by atoms with E-state index in [4.69, 9.17) is 23.2 Å². The van der Waals surface area contributed by atoms with Gasteiger partial charge >= 0.3 is 0 Å². The van der Waals surface area contributed by atoms with Gasteiger partial charge in [0.25, 0.3) is 0 Å². The van der Waals surface area contributed by atoms with Crippen LogP contribution in [-0.4, -0.2) is 13.1 Å². The van der Waals surface area contributed by atoms with Crippen molar-refractivity contribution in [2.24, 2.45) is 0 Å². The maximum atomic E-state index is 14.0. The lowest BCUT2D eigenvalue weighted by molar-refractivity contribution is 0.562. The standard InChI is InChI=1S/C17H18Cl2FN/c1-2-21-11-14(12-4-3-5-15(18)9-12)8-13-6-7-16(19)10-17(13)20/h3-7,9-10,14,21H,2,8,11H2,1H3. The predicted octanol–water partition coefficient (Wildman–Crippen LogP) is 5.07. The zero-order valence-corrected chi connectivity index (χ0v) is 13.4. The number of halogens is 3. The molecule has 2 aromatic rings. The molecular formula is C17H18Cl2FN. The zero-order chi connectivity index (χ0) is 15.2. The molecule has 0 radical (unpaired) electrons. The van der Waals surface area contributed by atoms with Gasteiger partial charge in [0.05, 0.1) is 0 Å². The lowest BCUT2D eigenvalue weighted by Crippen LogP contribution is -2.23. The first-order valence-electron chi connectivity index (χ1n) is 7.00. The maximum Gasteiger partial charge on any atom is 0.127 e. The largest absolute Gasteiger partial charge is 0.316 e. The third kappa shape index (κ3) is 4.70. The van der Waals surface area contributed by atoms with Crippen LogP contribution >= 0.6 is 23.2 Å². The first-order chi connectivity index (χ1) is 10.1. The first kappa shape index (κ1) is 16.3. The topological polar surface area (TPSA) is 12.0 Å². The Labute approximate surface area is 135 Å². The van der Waals surface area contributed by atoms with Crippen molar-refractivity contribution in [1.82, 2.24) is 5.32 Å². The van der Waals surface area contributed by atoms with Crippen LogP contribution in [0.15, 0.2) is 42.5 Å². The van der Waals surface area contributed by atoms with Crippen LogP contribution in [0.3, 0.4) is 0 Å². The van der Waals surface area contributed by atoms with Crippen molar-refractivity contribution in [2.45, 2.75) is 19.3 Å². The number of benzene rings is 2. The van der Waals surface area contributed by atoms with Gasteiger partial charge in [-0.25, -0.2) is 4.39 Å². The Bertz CT molecular complexity index is 601. The Morgan fingerprint density at radius 3 is 2.52 bits per heavy atom. The average molecular weight is 326 g/mol. The molecule has 0 aliphatic heterocycles. The van der Waals surface area contributed by atoms with E-state index < -0.39 is 0 Å². The molecule has 0 bridgehead atoms. The second-order valence-corrected chi connectivity index (χ2v) is 5.87. The minimum Gasteiger partial charge on any atom is -0.316 e. The van der Waals surface area contributed by atoms with Crippen molar-refractivity contribution in [1.29, 1.82) is 0 Å². The van der Waals surface area contributed by atoms with Gasteiger partial charge in [0.2, 0.25) is 0 Å². The number of rotatable bonds is 6. The summed E-state index contributed by atoms with van der Waals surface area (Å²) in [4.78, 5) is 0. The summed E-state index contributed by atoms with van der Waals surface area (Å²) in [6.45, 7) is 3.71. The van der Waals surface area contributed by atoms with Gasteiger partial charge in [-0.05, 0) is 48.4 Å². The summed E-state index contributed by atoms with van der Waals surface area (Å²) < 4.78 is 14.0. The second kappa shape index (κ2) is 7.79. The van der Waals surface area contributed by atoms with Gasteiger partial charge in [-0.2, -0.15) is 0 Å². The number of hydrogen-bond donors (Lipinski definition) is 1. The van der Waals surface area contributed by atoms with Crippen molar-refractivity contribution >= 4 is 23.2 Å². The molecule has 1 unspecified atom stereocenters. The Balaban J connectivity index is 2.23. The average Bonchev–Trinajstić information content (AvgIpc) is 2.45. The SMILES string of the molecule is CCNCC(Cc1ccc(Cl)cc1F)c1cccc(Cl)c1. The second-order valence-electron chi connectivity index (χ2n) is 5.00. The van der Waals surface area contributed by atoms with Gasteiger partial charge < -0.3 is 5.32 Å². The van der Waals surface area contributed by atoms with Crippen LogP contribution in [0, 0.1) is 5.82 Å². The highest BCUT2D eigenvalue weighted by Crippen LogP contribution is 2.25. The molecule has 2 rings (SSSR count). The molecule has 112 valence electrons. The molecule has 1 N–H and O–H groups in total. The molecule has 0 saturated heterocycles. The molecule has 0 aliphatic rings. The molecule has 4 heteroatoms. The van der Waals surface area contributed by atoms with E-state index >= 15 is 0 Å². The van der Waals surface area contributed by atoms with Crippen molar-refractivity contribution in [3.8, 4) is 0 Å². The van der Waals surface area contributed by atoms with Crippen LogP contribution in [0.5, 0.6) is 0 Å². The third-order valence-corrected chi connectivity index (χ3v) is 3.91. The quantitative estimate of drug-likeness (QED) is 0.782. The van der Waals surface area contributed by atoms with Gasteiger partial charge in [0.15, 0.2) is 0 Å². The molecule has 0 spiro atoms. The van der Waals surface area contributed by atoms with Gasteiger partial charge in [0, 0.05) is 22.5 Å². The van der Waals surface area contributed by atoms with Crippen molar-refractivity contribution in [3.63, 3.8) is 0 Å². The van der Waals surface area contributed by atoms with Crippen molar-refractivity contribution < 1.29 is 4.39 Å². The summed E-state index contributed by atoms with van der Waals surface area (Å²) in [7, 11) is 0. The molecule has 21 heavy (non-hydrogen) atoms. The molecular weight excluding hydrogens is 308 g/mol. The molecule has 1 atom stereocenters. The zero-order valence-electron chi connectivity index (χ0n) is 11.9. The maximum absolute atomic E-state index is 14.0. The summed E-state index contributed by atoms with van der Waals surface area (Å²) in [6.07, 6.45) is 0.607. The summed E-state index contributed by atoms with van der Waals surface area (Å²) >= 11 is 11.9. The van der Waals surface area contributed by atoms with Crippen LogP contribution in [0.1, 0.15) is 24.0 Å². The smallest absolute Gasteiger partial charge is 0.127 e. The number of nitrogens with one attached hydrogen (secondary N) is 1. The van der Waals surface area contributed by atoms with Crippen LogP contribution in [-0.2, 0) is 6.42 Å². The van der Waals surface area contributed by atoms with Gasteiger partial charge in [-0.1, -0.05) is 48.3 Å². The summed E-state index contributed by atoms with van der Waals surface area (Å²) in [5.41, 5.74) is 1.78. The Hall–Kier alpha value is -1.09. The van der Waals surface area contributed by atoms with E-state index in [9.17, 15) is 4.39 Å². The normalized spacial score (nSPS) is 12.4. The van der Waals surface area contributed by atoms with Crippen LogP contribution in [0.4, 0.5) is 4.39 Å². The first-order valence-corrected chi connectivity index (χ1v) is 7.76. The van der Waals surface area contributed by atoms with E-state index in [0.29, 0.717) is 22.0 Å². The van der Waals surface area contributed by atoms with E-state index in [1.165, 1.54) is 6.07 Å². The Kier molecular flexibility index (Phi) is 6.04. The Morgan fingerprint density at radius 2 is 1.86 bits per heavy atom. The lowest BCUT2D eigenvalue weighted by Gasteiger charge is -2.19. The number of hydrogen-bond acceptors (Lipinski definition) is 1. The minimum atomic E-state index is -0.258. The molecule has 1 nitrogen and oxygen atoms in total. The molecule has 0 heterocycles. The summed E-state index contributed by atoms with van der Waals surface area (Å²) in [5, 5.41) is 4.44. The minimum absolute atomic E-state index is 0.166. The Morgan fingerprint density at radius 1 is 1.10 bits per heavy atom. The van der Waals surface area contributed by atoms with E-state index in [1.54, 1.807) is 12.1 Å². The fourth-order valence-corrected chi connectivity index (χ4v) is 2.70. The fourth-order valence-electron chi connectivity index (χ4n) is 2.34. The molecule has 0 saturated carbocycles. The highest BCUT2D eigenvalue weighted by atomic mass is 35.5. The monoisotopic (exact) mass is 325 g/mol.